The van der Waals surface area contributed by atoms with Crippen LogP contribution in [0.15, 0.2) is 11.6 Å². The Kier molecular flexibility index (Phi) is 3.34. The van der Waals surface area contributed by atoms with Crippen LogP contribution in [0.3, 0.4) is 0 Å². The van der Waals surface area contributed by atoms with Crippen LogP contribution in [0.4, 0.5) is 0 Å². The van der Waals surface area contributed by atoms with Gasteiger partial charge in [-0.1, -0.05) is 34.6 Å². The van der Waals surface area contributed by atoms with Crippen LogP contribution >= 0.6 is 11.3 Å². The summed E-state index contributed by atoms with van der Waals surface area (Å²) in [7, 11) is 0. The summed E-state index contributed by atoms with van der Waals surface area (Å²) in [6.45, 7) is 12.8. The number of rotatable bonds is 5. The monoisotopic (exact) mass is 252 g/mol. The molecular weight excluding hydrogens is 228 g/mol. The number of hydrogen-bond acceptors (Lipinski definition) is 3. The van der Waals surface area contributed by atoms with Gasteiger partial charge in [-0.2, -0.15) is 0 Å². The van der Waals surface area contributed by atoms with E-state index in [0.29, 0.717) is 16.9 Å². The van der Waals surface area contributed by atoms with E-state index in [1.807, 2.05) is 6.20 Å². The molecule has 0 bridgehead atoms. The van der Waals surface area contributed by atoms with Crippen LogP contribution < -0.4 is 5.32 Å². The van der Waals surface area contributed by atoms with Crippen molar-refractivity contribution in [3.8, 4) is 0 Å². The van der Waals surface area contributed by atoms with E-state index in [4.69, 9.17) is 0 Å². The highest BCUT2D eigenvalue weighted by molar-refractivity contribution is 7.09. The average Bonchev–Trinajstić information content (AvgIpc) is 2.59. The zero-order chi connectivity index (χ0) is 12.7. The molecule has 1 N–H and O–H groups in total. The largest absolute Gasteiger partial charge is 0.314 e. The summed E-state index contributed by atoms with van der Waals surface area (Å²) < 4.78 is 0. The maximum absolute atomic E-state index is 4.42. The Labute approximate surface area is 109 Å². The highest BCUT2D eigenvalue weighted by atomic mass is 32.1. The fourth-order valence-corrected chi connectivity index (χ4v) is 4.04. The zero-order valence-corrected chi connectivity index (χ0v) is 12.4. The van der Waals surface area contributed by atoms with E-state index >= 15 is 0 Å². The smallest absolute Gasteiger partial charge is 0.0940 e. The summed E-state index contributed by atoms with van der Waals surface area (Å²) in [5.41, 5.74) is 0.883. The Bertz CT molecular complexity index is 354. The fraction of sp³-hybridized carbons (Fsp3) is 0.786. The second-order valence-electron chi connectivity index (χ2n) is 6.22. The molecule has 2 nitrogen and oxygen atoms in total. The minimum absolute atomic E-state index is 0.442. The Morgan fingerprint density at radius 2 is 2.00 bits per heavy atom. The third-order valence-electron chi connectivity index (χ3n) is 4.88. The molecule has 1 saturated carbocycles. The standard InChI is InChI=1S/C14H24N2S/c1-6-15-10(9-11-16-7-8-17-11)12-13(2,3)14(12,4)5/h7-8,10,12,15H,6,9H2,1-5H3. The van der Waals surface area contributed by atoms with E-state index in [1.54, 1.807) is 11.3 Å². The lowest BCUT2D eigenvalue weighted by Crippen LogP contribution is -2.35. The quantitative estimate of drug-likeness (QED) is 0.869. The Morgan fingerprint density at radius 3 is 2.41 bits per heavy atom. The number of hydrogen-bond donors (Lipinski definition) is 1. The molecule has 0 amide bonds. The molecule has 0 aromatic carbocycles. The average molecular weight is 252 g/mol. The van der Waals surface area contributed by atoms with Gasteiger partial charge in [0.25, 0.3) is 0 Å². The lowest BCUT2D eigenvalue weighted by molar-refractivity contribution is 0.402. The van der Waals surface area contributed by atoms with Crippen molar-refractivity contribution >= 4 is 11.3 Å². The van der Waals surface area contributed by atoms with Crippen molar-refractivity contribution in [1.82, 2.24) is 10.3 Å². The molecule has 17 heavy (non-hydrogen) atoms. The zero-order valence-electron chi connectivity index (χ0n) is 11.6. The van der Waals surface area contributed by atoms with Gasteiger partial charge in [0, 0.05) is 24.0 Å². The first-order chi connectivity index (χ1) is 7.91. The molecule has 2 rings (SSSR count). The van der Waals surface area contributed by atoms with Crippen molar-refractivity contribution < 1.29 is 0 Å². The van der Waals surface area contributed by atoms with Gasteiger partial charge in [0.15, 0.2) is 0 Å². The summed E-state index contributed by atoms with van der Waals surface area (Å²) in [4.78, 5) is 4.42. The normalized spacial score (nSPS) is 23.6. The molecular formula is C14H24N2S. The molecule has 96 valence electrons. The fourth-order valence-electron chi connectivity index (χ4n) is 3.37. The van der Waals surface area contributed by atoms with Crippen LogP contribution in [-0.4, -0.2) is 17.6 Å². The maximum Gasteiger partial charge on any atom is 0.0940 e. The lowest BCUT2D eigenvalue weighted by atomic mass is 10.0. The van der Waals surface area contributed by atoms with Gasteiger partial charge in [0.05, 0.1) is 5.01 Å². The van der Waals surface area contributed by atoms with Gasteiger partial charge in [-0.05, 0) is 23.3 Å². The highest BCUT2D eigenvalue weighted by Crippen LogP contribution is 2.69. The topological polar surface area (TPSA) is 24.9 Å². The molecule has 1 aromatic rings. The van der Waals surface area contributed by atoms with E-state index in [0.717, 1.165) is 18.9 Å². The number of nitrogens with one attached hydrogen (secondary N) is 1. The molecule has 3 heteroatoms. The predicted molar refractivity (Wildman–Crippen MR) is 74.3 cm³/mol. The van der Waals surface area contributed by atoms with Gasteiger partial charge >= 0.3 is 0 Å². The van der Waals surface area contributed by atoms with Crippen molar-refractivity contribution in [2.45, 2.75) is 47.1 Å². The molecule has 1 unspecified atom stereocenters. The molecule has 0 spiro atoms. The van der Waals surface area contributed by atoms with E-state index in [9.17, 15) is 0 Å². The second kappa shape index (κ2) is 4.36. The SMILES string of the molecule is CCNC(Cc1nccs1)C1C(C)(C)C1(C)C. The van der Waals surface area contributed by atoms with Gasteiger partial charge in [-0.25, -0.2) is 4.98 Å². The van der Waals surface area contributed by atoms with E-state index in [-0.39, 0.29) is 0 Å². The molecule has 1 aromatic heterocycles. The first-order valence-corrected chi connectivity index (χ1v) is 7.41. The van der Waals surface area contributed by atoms with Crippen molar-refractivity contribution in [1.29, 1.82) is 0 Å². The number of likely N-dealkylation sites (N-methyl/N-ethyl adjacent to an activating group) is 1. The van der Waals surface area contributed by atoms with E-state index < -0.39 is 0 Å². The molecule has 1 aliphatic rings. The minimum atomic E-state index is 0.442. The lowest BCUT2D eigenvalue weighted by Gasteiger charge is -2.19. The number of aromatic nitrogens is 1. The van der Waals surface area contributed by atoms with Crippen LogP contribution in [0.2, 0.25) is 0 Å². The minimum Gasteiger partial charge on any atom is -0.314 e. The molecule has 1 heterocycles. The third kappa shape index (κ3) is 2.15. The molecule has 1 atom stereocenters. The van der Waals surface area contributed by atoms with E-state index in [1.165, 1.54) is 5.01 Å². The summed E-state index contributed by atoms with van der Waals surface area (Å²) >= 11 is 1.77. The van der Waals surface area contributed by atoms with Crippen LogP contribution in [0, 0.1) is 16.7 Å². The predicted octanol–water partition coefficient (Wildman–Crippen LogP) is 3.35. The Balaban J connectivity index is 2.09. The summed E-state index contributed by atoms with van der Waals surface area (Å²) in [5, 5.41) is 6.99. The van der Waals surface area contributed by atoms with Gasteiger partial charge < -0.3 is 5.32 Å². The van der Waals surface area contributed by atoms with E-state index in [2.05, 4.69) is 50.3 Å². The van der Waals surface area contributed by atoms with Crippen molar-refractivity contribution in [3.05, 3.63) is 16.6 Å². The molecule has 0 saturated heterocycles. The van der Waals surface area contributed by atoms with Crippen molar-refractivity contribution in [3.63, 3.8) is 0 Å². The van der Waals surface area contributed by atoms with Crippen LogP contribution in [-0.2, 0) is 6.42 Å². The van der Waals surface area contributed by atoms with Crippen LogP contribution in [0.25, 0.3) is 0 Å². The van der Waals surface area contributed by atoms with Gasteiger partial charge in [-0.3, -0.25) is 0 Å². The maximum atomic E-state index is 4.42. The van der Waals surface area contributed by atoms with Gasteiger partial charge in [-0.15, -0.1) is 11.3 Å². The Hall–Kier alpha value is -0.410. The molecule has 1 aliphatic carbocycles. The number of thiazole rings is 1. The van der Waals surface area contributed by atoms with Crippen molar-refractivity contribution in [2.24, 2.45) is 16.7 Å². The van der Waals surface area contributed by atoms with Gasteiger partial charge in [0.1, 0.15) is 0 Å². The third-order valence-corrected chi connectivity index (χ3v) is 5.68. The molecule has 0 aliphatic heterocycles. The Morgan fingerprint density at radius 1 is 1.35 bits per heavy atom. The highest BCUT2D eigenvalue weighted by Gasteiger charge is 2.66. The second-order valence-corrected chi connectivity index (χ2v) is 7.19. The van der Waals surface area contributed by atoms with Crippen LogP contribution in [0.1, 0.15) is 39.6 Å². The summed E-state index contributed by atoms with van der Waals surface area (Å²) in [6.07, 6.45) is 2.98. The van der Waals surface area contributed by atoms with Crippen molar-refractivity contribution in [2.75, 3.05) is 6.54 Å². The first-order valence-electron chi connectivity index (χ1n) is 6.53. The summed E-state index contributed by atoms with van der Waals surface area (Å²) in [5.74, 6) is 0.749. The first kappa shape index (κ1) is 13.0. The van der Waals surface area contributed by atoms with Gasteiger partial charge in [0.2, 0.25) is 0 Å². The molecule has 0 radical (unpaired) electrons. The van der Waals surface area contributed by atoms with Crippen LogP contribution in [0.5, 0.6) is 0 Å². The summed E-state index contributed by atoms with van der Waals surface area (Å²) in [6, 6.07) is 0.566. The molecule has 1 fully saturated rings. The number of nitrogens with zero attached hydrogens (tertiary/aromatic N) is 1.